The molecule has 0 spiro atoms. The summed E-state index contributed by atoms with van der Waals surface area (Å²) in [5.41, 5.74) is -0.842. The van der Waals surface area contributed by atoms with Crippen LogP contribution >= 0.6 is 0 Å². The molecule has 106 valence electrons. The van der Waals surface area contributed by atoms with E-state index in [9.17, 15) is 19.5 Å². The maximum Gasteiger partial charge on any atom is 0.327 e. The van der Waals surface area contributed by atoms with Gasteiger partial charge in [0, 0.05) is 7.05 Å². The molecule has 7 nitrogen and oxygen atoms in total. The lowest BCUT2D eigenvalue weighted by Crippen LogP contribution is -2.67. The van der Waals surface area contributed by atoms with E-state index in [4.69, 9.17) is 0 Å². The number of amides is 4. The average Bonchev–Trinajstić information content (AvgIpc) is 2.51. The standard InChI is InChI=1S/C12H19N3O4/c1-8(2)12(19)6-14(7-12)9(16)5-15-10(17)4-13(3)11(15)18/h8,19H,4-7H2,1-3H3. The predicted molar refractivity (Wildman–Crippen MR) is 66.1 cm³/mol. The predicted octanol–water partition coefficient (Wildman–Crippen LogP) is -0.890. The fourth-order valence-corrected chi connectivity index (χ4v) is 2.22. The van der Waals surface area contributed by atoms with Gasteiger partial charge in [-0.3, -0.25) is 14.5 Å². The van der Waals surface area contributed by atoms with Crippen LogP contribution in [-0.2, 0) is 9.59 Å². The Morgan fingerprint density at radius 3 is 2.37 bits per heavy atom. The normalized spacial score (nSPS) is 22.3. The van der Waals surface area contributed by atoms with Crippen LogP contribution in [0, 0.1) is 5.92 Å². The molecule has 4 amide bonds. The molecule has 19 heavy (non-hydrogen) atoms. The number of likely N-dealkylation sites (N-methyl/N-ethyl adjacent to an activating group) is 1. The number of urea groups is 1. The fourth-order valence-electron chi connectivity index (χ4n) is 2.22. The van der Waals surface area contributed by atoms with Crippen molar-refractivity contribution in [3.05, 3.63) is 0 Å². The number of imide groups is 1. The summed E-state index contributed by atoms with van der Waals surface area (Å²) in [5, 5.41) is 10.1. The van der Waals surface area contributed by atoms with Crippen molar-refractivity contribution in [2.75, 3.05) is 33.2 Å². The van der Waals surface area contributed by atoms with Gasteiger partial charge in [-0.05, 0) is 5.92 Å². The van der Waals surface area contributed by atoms with Gasteiger partial charge in [0.2, 0.25) is 5.91 Å². The van der Waals surface area contributed by atoms with Gasteiger partial charge in [0.05, 0.1) is 13.1 Å². The van der Waals surface area contributed by atoms with E-state index in [2.05, 4.69) is 0 Å². The number of hydrogen-bond acceptors (Lipinski definition) is 4. The van der Waals surface area contributed by atoms with Crippen LogP contribution in [0.1, 0.15) is 13.8 Å². The maximum atomic E-state index is 11.9. The highest BCUT2D eigenvalue weighted by atomic mass is 16.3. The van der Waals surface area contributed by atoms with Gasteiger partial charge in [0.1, 0.15) is 18.7 Å². The van der Waals surface area contributed by atoms with E-state index in [1.54, 1.807) is 0 Å². The second kappa shape index (κ2) is 4.48. The average molecular weight is 269 g/mol. The van der Waals surface area contributed by atoms with Crippen molar-refractivity contribution in [3.63, 3.8) is 0 Å². The lowest BCUT2D eigenvalue weighted by molar-refractivity contribution is -0.164. The van der Waals surface area contributed by atoms with Crippen LogP contribution in [-0.4, -0.2) is 76.5 Å². The zero-order chi connectivity index (χ0) is 14.4. The Hall–Kier alpha value is -1.63. The summed E-state index contributed by atoms with van der Waals surface area (Å²) in [5.74, 6) is -0.597. The Bertz CT molecular complexity index is 429. The minimum absolute atomic E-state index is 0.0159. The monoisotopic (exact) mass is 269 g/mol. The largest absolute Gasteiger partial charge is 0.386 e. The molecule has 0 atom stereocenters. The summed E-state index contributed by atoms with van der Waals surface area (Å²) < 4.78 is 0. The van der Waals surface area contributed by atoms with Gasteiger partial charge in [-0.25, -0.2) is 4.79 Å². The van der Waals surface area contributed by atoms with Crippen molar-refractivity contribution in [2.45, 2.75) is 19.4 Å². The third kappa shape index (κ3) is 2.30. The summed E-state index contributed by atoms with van der Waals surface area (Å²) in [4.78, 5) is 38.8. The number of likely N-dealkylation sites (tertiary alicyclic amines) is 1. The first kappa shape index (κ1) is 13.8. The molecule has 0 radical (unpaired) electrons. The first-order valence-electron chi connectivity index (χ1n) is 6.30. The van der Waals surface area contributed by atoms with Crippen molar-refractivity contribution < 1.29 is 19.5 Å². The molecule has 0 aromatic heterocycles. The molecule has 2 aliphatic heterocycles. The van der Waals surface area contributed by atoms with E-state index in [1.807, 2.05) is 13.8 Å². The van der Waals surface area contributed by atoms with Crippen LogP contribution in [0.2, 0.25) is 0 Å². The van der Waals surface area contributed by atoms with Gasteiger partial charge in [0.25, 0.3) is 5.91 Å². The number of aliphatic hydroxyl groups is 1. The Balaban J connectivity index is 1.90. The molecule has 0 aromatic rings. The third-order valence-electron chi connectivity index (χ3n) is 3.88. The van der Waals surface area contributed by atoms with Gasteiger partial charge >= 0.3 is 6.03 Å². The highest BCUT2D eigenvalue weighted by Crippen LogP contribution is 2.28. The maximum absolute atomic E-state index is 11.9. The molecule has 0 aliphatic carbocycles. The van der Waals surface area contributed by atoms with E-state index in [-0.39, 0.29) is 43.9 Å². The highest BCUT2D eigenvalue weighted by molar-refractivity contribution is 6.04. The second-order valence-corrected chi connectivity index (χ2v) is 5.63. The summed E-state index contributed by atoms with van der Waals surface area (Å²) in [6, 6.07) is -0.446. The fraction of sp³-hybridized carbons (Fsp3) is 0.750. The number of nitrogens with zero attached hydrogens (tertiary/aromatic N) is 3. The first-order valence-corrected chi connectivity index (χ1v) is 6.30. The van der Waals surface area contributed by atoms with Crippen LogP contribution in [0.25, 0.3) is 0 Å². The van der Waals surface area contributed by atoms with Crippen LogP contribution in [0.5, 0.6) is 0 Å². The van der Waals surface area contributed by atoms with Crippen molar-refractivity contribution in [1.29, 1.82) is 0 Å². The molecule has 0 saturated carbocycles. The lowest BCUT2D eigenvalue weighted by atomic mass is 9.83. The molecule has 7 heteroatoms. The van der Waals surface area contributed by atoms with Crippen LogP contribution in [0.15, 0.2) is 0 Å². The molecule has 2 saturated heterocycles. The molecule has 1 N–H and O–H groups in total. The van der Waals surface area contributed by atoms with Crippen molar-refractivity contribution >= 4 is 17.8 Å². The minimum Gasteiger partial charge on any atom is -0.386 e. The molecule has 2 rings (SSSR count). The van der Waals surface area contributed by atoms with E-state index in [1.165, 1.54) is 16.8 Å². The Morgan fingerprint density at radius 1 is 1.37 bits per heavy atom. The zero-order valence-corrected chi connectivity index (χ0v) is 11.4. The summed E-state index contributed by atoms with van der Waals surface area (Å²) in [6.45, 7) is 4.08. The zero-order valence-electron chi connectivity index (χ0n) is 11.4. The molecule has 0 bridgehead atoms. The highest BCUT2D eigenvalue weighted by Gasteiger charge is 2.46. The first-order chi connectivity index (χ1) is 8.74. The van der Waals surface area contributed by atoms with Crippen LogP contribution < -0.4 is 0 Å². The number of β-amino-alcohol motifs (C(OH)–C–C–N with tert-alkyl or cyclic N) is 1. The molecular weight excluding hydrogens is 250 g/mol. The van der Waals surface area contributed by atoms with Crippen molar-refractivity contribution in [3.8, 4) is 0 Å². The molecule has 2 fully saturated rings. The topological polar surface area (TPSA) is 81.2 Å². The van der Waals surface area contributed by atoms with Gasteiger partial charge in [0.15, 0.2) is 0 Å². The summed E-state index contributed by atoms with van der Waals surface area (Å²) >= 11 is 0. The van der Waals surface area contributed by atoms with Crippen LogP contribution in [0.3, 0.4) is 0 Å². The SMILES string of the molecule is CC(C)C1(O)CN(C(=O)CN2C(=O)CN(C)C2=O)C1. The number of carbonyl (C=O) groups is 3. The third-order valence-corrected chi connectivity index (χ3v) is 3.88. The Kier molecular flexibility index (Phi) is 3.25. The smallest absolute Gasteiger partial charge is 0.327 e. The molecule has 0 aromatic carbocycles. The summed E-state index contributed by atoms with van der Waals surface area (Å²) in [7, 11) is 1.52. The molecule has 2 aliphatic rings. The second-order valence-electron chi connectivity index (χ2n) is 5.63. The van der Waals surface area contributed by atoms with Gasteiger partial charge in [-0.1, -0.05) is 13.8 Å². The molecular formula is C12H19N3O4. The Labute approximate surface area is 111 Å². The quantitative estimate of drug-likeness (QED) is 0.674. The number of hydrogen-bond donors (Lipinski definition) is 1. The Morgan fingerprint density at radius 2 is 1.95 bits per heavy atom. The van der Waals surface area contributed by atoms with Crippen molar-refractivity contribution in [1.82, 2.24) is 14.7 Å². The number of rotatable bonds is 3. The van der Waals surface area contributed by atoms with E-state index in [0.717, 1.165) is 4.90 Å². The van der Waals surface area contributed by atoms with Crippen LogP contribution in [0.4, 0.5) is 4.79 Å². The van der Waals surface area contributed by atoms with Gasteiger partial charge < -0.3 is 14.9 Å². The van der Waals surface area contributed by atoms with Crippen molar-refractivity contribution in [2.24, 2.45) is 5.92 Å². The van der Waals surface area contributed by atoms with Gasteiger partial charge in [-0.2, -0.15) is 0 Å². The molecule has 0 unspecified atom stereocenters. The van der Waals surface area contributed by atoms with E-state index < -0.39 is 11.6 Å². The number of carbonyl (C=O) groups excluding carboxylic acids is 3. The van der Waals surface area contributed by atoms with E-state index in [0.29, 0.717) is 0 Å². The lowest BCUT2D eigenvalue weighted by Gasteiger charge is -2.49. The van der Waals surface area contributed by atoms with E-state index >= 15 is 0 Å². The summed E-state index contributed by atoms with van der Waals surface area (Å²) in [6.07, 6.45) is 0. The molecule has 2 heterocycles. The minimum atomic E-state index is -0.842. The van der Waals surface area contributed by atoms with Gasteiger partial charge in [-0.15, -0.1) is 0 Å².